The van der Waals surface area contributed by atoms with E-state index >= 15 is 0 Å². The van der Waals surface area contributed by atoms with E-state index in [0.29, 0.717) is 6.04 Å². The molecule has 0 spiro atoms. The van der Waals surface area contributed by atoms with Gasteiger partial charge < -0.3 is 5.32 Å². The Balaban J connectivity index is 2.15. The molecule has 0 aliphatic carbocycles. The first-order chi connectivity index (χ1) is 7.81. The van der Waals surface area contributed by atoms with Crippen molar-refractivity contribution in [3.8, 4) is 0 Å². The van der Waals surface area contributed by atoms with Crippen molar-refractivity contribution in [1.82, 2.24) is 20.2 Å². The van der Waals surface area contributed by atoms with E-state index in [1.54, 1.807) is 0 Å². The molecule has 2 rings (SSSR count). The fourth-order valence-corrected chi connectivity index (χ4v) is 2.06. The van der Waals surface area contributed by atoms with E-state index in [-0.39, 0.29) is 0 Å². The van der Waals surface area contributed by atoms with Crippen LogP contribution < -0.4 is 5.32 Å². The van der Waals surface area contributed by atoms with Gasteiger partial charge in [-0.15, -0.1) is 0 Å². The minimum atomic E-state index is 0.325. The fourth-order valence-electron chi connectivity index (χ4n) is 2.06. The van der Waals surface area contributed by atoms with Gasteiger partial charge in [0.2, 0.25) is 0 Å². The topological polar surface area (TPSA) is 41.1 Å². The van der Waals surface area contributed by atoms with Gasteiger partial charge in [-0.3, -0.25) is 4.90 Å². The van der Waals surface area contributed by atoms with E-state index in [9.17, 15) is 0 Å². The second kappa shape index (κ2) is 5.37. The van der Waals surface area contributed by atoms with E-state index in [2.05, 4.69) is 34.2 Å². The van der Waals surface area contributed by atoms with Crippen molar-refractivity contribution in [2.24, 2.45) is 0 Å². The number of nitrogens with one attached hydrogen (secondary N) is 1. The molecule has 1 unspecified atom stereocenters. The number of hydrogen-bond acceptors (Lipinski definition) is 4. The number of aromatic nitrogens is 2. The number of rotatable bonds is 3. The summed E-state index contributed by atoms with van der Waals surface area (Å²) < 4.78 is 0. The van der Waals surface area contributed by atoms with Gasteiger partial charge in [0.05, 0.1) is 6.04 Å². The van der Waals surface area contributed by atoms with E-state index in [1.807, 2.05) is 12.3 Å². The molecular formula is C12H20N4. The summed E-state index contributed by atoms with van der Waals surface area (Å²) in [4.78, 5) is 11.4. The Bertz CT molecular complexity index is 340. The molecule has 4 nitrogen and oxygen atoms in total. The van der Waals surface area contributed by atoms with E-state index in [4.69, 9.17) is 0 Å². The van der Waals surface area contributed by atoms with Crippen LogP contribution in [0.4, 0.5) is 0 Å². The summed E-state index contributed by atoms with van der Waals surface area (Å²) in [6.45, 7) is 5.25. The molecule has 16 heavy (non-hydrogen) atoms. The van der Waals surface area contributed by atoms with Gasteiger partial charge in [0.1, 0.15) is 5.82 Å². The number of piperazine rings is 1. The van der Waals surface area contributed by atoms with Crippen LogP contribution in [-0.4, -0.2) is 41.5 Å². The molecule has 1 atom stereocenters. The molecule has 1 aromatic rings. The highest BCUT2D eigenvalue weighted by molar-refractivity contribution is 5.06. The zero-order valence-electron chi connectivity index (χ0n) is 10.1. The average molecular weight is 220 g/mol. The van der Waals surface area contributed by atoms with Crippen molar-refractivity contribution in [2.75, 3.05) is 26.7 Å². The van der Waals surface area contributed by atoms with E-state index in [1.165, 1.54) is 0 Å². The maximum atomic E-state index is 4.64. The van der Waals surface area contributed by atoms with Gasteiger partial charge in [-0.2, -0.15) is 0 Å². The van der Waals surface area contributed by atoms with Crippen LogP contribution in [0.3, 0.4) is 0 Å². The normalized spacial score (nSPS) is 22.2. The van der Waals surface area contributed by atoms with Crippen molar-refractivity contribution < 1.29 is 0 Å². The van der Waals surface area contributed by atoms with Crippen molar-refractivity contribution in [3.05, 3.63) is 23.8 Å². The van der Waals surface area contributed by atoms with Crippen molar-refractivity contribution >= 4 is 0 Å². The summed E-state index contributed by atoms with van der Waals surface area (Å²) in [5, 5.41) is 3.39. The lowest BCUT2D eigenvalue weighted by atomic mass is 10.2. The molecule has 1 fully saturated rings. The third kappa shape index (κ3) is 2.57. The first kappa shape index (κ1) is 11.5. The van der Waals surface area contributed by atoms with Crippen LogP contribution >= 0.6 is 0 Å². The monoisotopic (exact) mass is 220 g/mol. The van der Waals surface area contributed by atoms with Gasteiger partial charge >= 0.3 is 0 Å². The highest BCUT2D eigenvalue weighted by Crippen LogP contribution is 2.16. The molecule has 2 heterocycles. The Morgan fingerprint density at radius 3 is 3.19 bits per heavy atom. The molecular weight excluding hydrogens is 200 g/mol. The van der Waals surface area contributed by atoms with Gasteiger partial charge in [-0.05, 0) is 19.5 Å². The van der Waals surface area contributed by atoms with Crippen LogP contribution in [0.1, 0.15) is 30.9 Å². The smallest absolute Gasteiger partial charge is 0.146 e. The maximum absolute atomic E-state index is 4.64. The van der Waals surface area contributed by atoms with Crippen LogP contribution in [0.25, 0.3) is 0 Å². The van der Waals surface area contributed by atoms with Gasteiger partial charge in [-0.1, -0.05) is 13.3 Å². The van der Waals surface area contributed by atoms with Crippen LogP contribution in [-0.2, 0) is 6.42 Å². The second-order valence-electron chi connectivity index (χ2n) is 4.36. The van der Waals surface area contributed by atoms with Crippen LogP contribution in [0.2, 0.25) is 0 Å². The molecule has 0 bridgehead atoms. The van der Waals surface area contributed by atoms with E-state index < -0.39 is 0 Å². The average Bonchev–Trinajstić information content (AvgIpc) is 2.30. The van der Waals surface area contributed by atoms with Gasteiger partial charge in [0.15, 0.2) is 0 Å². The third-order valence-corrected chi connectivity index (χ3v) is 3.05. The molecule has 0 saturated carbocycles. The predicted octanol–water partition coefficient (Wildman–Crippen LogP) is 1.01. The Morgan fingerprint density at radius 1 is 1.56 bits per heavy atom. The highest BCUT2D eigenvalue weighted by Gasteiger charge is 2.22. The number of aryl methyl sites for hydroxylation is 1. The summed E-state index contributed by atoms with van der Waals surface area (Å²) >= 11 is 0. The number of likely N-dealkylation sites (N-methyl/N-ethyl adjacent to an activating group) is 1. The molecule has 1 saturated heterocycles. The zero-order chi connectivity index (χ0) is 11.4. The first-order valence-corrected chi connectivity index (χ1v) is 6.04. The summed E-state index contributed by atoms with van der Waals surface area (Å²) in [5.74, 6) is 0.959. The lowest BCUT2D eigenvalue weighted by Gasteiger charge is -2.31. The minimum absolute atomic E-state index is 0.325. The number of hydrogen-bond donors (Lipinski definition) is 1. The molecule has 4 heteroatoms. The molecule has 0 aromatic carbocycles. The minimum Gasteiger partial charge on any atom is -0.313 e. The summed E-state index contributed by atoms with van der Waals surface area (Å²) in [5.41, 5.74) is 1.16. The fraction of sp³-hybridized carbons (Fsp3) is 0.667. The van der Waals surface area contributed by atoms with Gasteiger partial charge in [-0.25, -0.2) is 9.97 Å². The second-order valence-corrected chi connectivity index (χ2v) is 4.36. The molecule has 0 radical (unpaired) electrons. The molecule has 1 N–H and O–H groups in total. The summed E-state index contributed by atoms with van der Waals surface area (Å²) in [7, 11) is 2.14. The largest absolute Gasteiger partial charge is 0.313 e. The Hall–Kier alpha value is -1.00. The molecule has 88 valence electrons. The predicted molar refractivity (Wildman–Crippen MR) is 64.3 cm³/mol. The lowest BCUT2D eigenvalue weighted by molar-refractivity contribution is 0.194. The van der Waals surface area contributed by atoms with E-state index in [0.717, 1.165) is 44.0 Å². The van der Waals surface area contributed by atoms with Crippen LogP contribution in [0.5, 0.6) is 0 Å². The molecule has 1 aromatic heterocycles. The Morgan fingerprint density at radius 2 is 2.44 bits per heavy atom. The van der Waals surface area contributed by atoms with Gasteiger partial charge in [0, 0.05) is 31.5 Å². The van der Waals surface area contributed by atoms with Crippen LogP contribution in [0.15, 0.2) is 12.3 Å². The Kier molecular flexibility index (Phi) is 3.85. The standard InChI is InChI=1S/C12H20N4/c1-3-4-10-5-6-14-12(15-10)11-9-13-7-8-16(11)2/h5-6,11,13H,3-4,7-9H2,1-2H3. The van der Waals surface area contributed by atoms with Crippen molar-refractivity contribution in [1.29, 1.82) is 0 Å². The highest BCUT2D eigenvalue weighted by atomic mass is 15.2. The molecule has 0 amide bonds. The van der Waals surface area contributed by atoms with Gasteiger partial charge in [0.25, 0.3) is 0 Å². The summed E-state index contributed by atoms with van der Waals surface area (Å²) in [6.07, 6.45) is 4.06. The zero-order valence-corrected chi connectivity index (χ0v) is 10.1. The first-order valence-electron chi connectivity index (χ1n) is 6.04. The summed E-state index contributed by atoms with van der Waals surface area (Å²) in [6, 6.07) is 2.34. The quantitative estimate of drug-likeness (QED) is 0.825. The third-order valence-electron chi connectivity index (χ3n) is 3.05. The number of nitrogens with zero attached hydrogens (tertiary/aromatic N) is 3. The Labute approximate surface area is 97.1 Å². The maximum Gasteiger partial charge on any atom is 0.146 e. The molecule has 1 aliphatic rings. The SMILES string of the molecule is CCCc1ccnc(C2CNCCN2C)n1. The molecule has 1 aliphatic heterocycles. The van der Waals surface area contributed by atoms with Crippen LogP contribution in [0, 0.1) is 0 Å². The lowest BCUT2D eigenvalue weighted by Crippen LogP contribution is -2.44. The van der Waals surface area contributed by atoms with Crippen molar-refractivity contribution in [3.63, 3.8) is 0 Å². The van der Waals surface area contributed by atoms with Crippen molar-refractivity contribution in [2.45, 2.75) is 25.8 Å².